The van der Waals surface area contributed by atoms with Crippen molar-refractivity contribution in [2.24, 2.45) is 0 Å². The lowest BCUT2D eigenvalue weighted by molar-refractivity contribution is -0.129. The number of hydrogen-bond acceptors (Lipinski definition) is 5. The first-order chi connectivity index (χ1) is 13.9. The molecule has 1 saturated heterocycles. The molecular formula is C21H19BrN2O3S2. The highest BCUT2D eigenvalue weighted by atomic mass is 79.9. The van der Waals surface area contributed by atoms with E-state index in [2.05, 4.69) is 21.2 Å². The third-order valence-corrected chi connectivity index (χ3v) is 6.05. The molecule has 1 N–H and O–H groups in total. The van der Waals surface area contributed by atoms with Gasteiger partial charge in [0.25, 0.3) is 5.91 Å². The van der Waals surface area contributed by atoms with E-state index in [-0.39, 0.29) is 11.8 Å². The molecule has 0 bridgehead atoms. The van der Waals surface area contributed by atoms with Crippen LogP contribution in [0.4, 0.5) is 5.69 Å². The van der Waals surface area contributed by atoms with E-state index < -0.39 is 6.04 Å². The first-order valence-corrected chi connectivity index (χ1v) is 11.0. The highest BCUT2D eigenvalue weighted by Crippen LogP contribution is 2.34. The number of rotatable bonds is 6. The number of hydrogen-bond donors (Lipinski definition) is 1. The van der Waals surface area contributed by atoms with E-state index in [1.807, 2.05) is 31.2 Å². The van der Waals surface area contributed by atoms with Gasteiger partial charge >= 0.3 is 0 Å². The van der Waals surface area contributed by atoms with Crippen LogP contribution < -0.4 is 10.1 Å². The van der Waals surface area contributed by atoms with Gasteiger partial charge in [-0.3, -0.25) is 14.5 Å². The summed E-state index contributed by atoms with van der Waals surface area (Å²) in [6, 6.07) is 14.0. The Morgan fingerprint density at radius 3 is 2.52 bits per heavy atom. The van der Waals surface area contributed by atoms with E-state index >= 15 is 0 Å². The van der Waals surface area contributed by atoms with Gasteiger partial charge in [-0.2, -0.15) is 0 Å². The molecule has 8 heteroatoms. The van der Waals surface area contributed by atoms with Gasteiger partial charge < -0.3 is 10.1 Å². The molecular weight excluding hydrogens is 472 g/mol. The van der Waals surface area contributed by atoms with Gasteiger partial charge in [-0.1, -0.05) is 52.0 Å². The maximum atomic E-state index is 12.8. The van der Waals surface area contributed by atoms with Crippen LogP contribution in [0.1, 0.15) is 19.4 Å². The van der Waals surface area contributed by atoms with E-state index in [4.69, 9.17) is 17.0 Å². The van der Waals surface area contributed by atoms with Crippen LogP contribution in [0.25, 0.3) is 6.08 Å². The summed E-state index contributed by atoms with van der Waals surface area (Å²) in [5.74, 6) is 0.154. The smallest absolute Gasteiger partial charge is 0.266 e. The molecule has 0 aromatic heterocycles. The number of halogens is 1. The monoisotopic (exact) mass is 490 g/mol. The number of carbonyl (C=O) groups is 2. The molecule has 0 spiro atoms. The van der Waals surface area contributed by atoms with Crippen molar-refractivity contribution < 1.29 is 14.3 Å². The molecule has 2 amide bonds. The summed E-state index contributed by atoms with van der Waals surface area (Å²) in [5.41, 5.74) is 1.52. The molecule has 1 aliphatic rings. The van der Waals surface area contributed by atoms with Crippen LogP contribution in [0.3, 0.4) is 0 Å². The highest BCUT2D eigenvalue weighted by Gasteiger charge is 2.38. The molecule has 1 atom stereocenters. The van der Waals surface area contributed by atoms with Gasteiger partial charge in [-0.15, -0.1) is 0 Å². The van der Waals surface area contributed by atoms with E-state index in [1.54, 1.807) is 37.3 Å². The molecule has 2 aromatic rings. The maximum absolute atomic E-state index is 12.8. The predicted octanol–water partition coefficient (Wildman–Crippen LogP) is 5.08. The minimum absolute atomic E-state index is 0.266. The van der Waals surface area contributed by atoms with Gasteiger partial charge in [0.1, 0.15) is 16.1 Å². The van der Waals surface area contributed by atoms with Crippen LogP contribution in [0.5, 0.6) is 5.75 Å². The average Bonchev–Trinajstić information content (AvgIpc) is 2.98. The van der Waals surface area contributed by atoms with Crippen molar-refractivity contribution in [1.29, 1.82) is 0 Å². The molecule has 3 rings (SSSR count). The lowest BCUT2D eigenvalue weighted by Crippen LogP contribution is -2.44. The number of nitrogens with one attached hydrogen (secondary N) is 1. The molecule has 1 unspecified atom stereocenters. The molecule has 2 aromatic carbocycles. The normalized spacial score (nSPS) is 16.2. The zero-order valence-corrected chi connectivity index (χ0v) is 19.1. The van der Waals surface area contributed by atoms with Crippen LogP contribution in [-0.2, 0) is 9.59 Å². The molecule has 0 aliphatic carbocycles. The number of benzene rings is 2. The van der Waals surface area contributed by atoms with Crippen LogP contribution in [0, 0.1) is 0 Å². The summed E-state index contributed by atoms with van der Waals surface area (Å²) < 4.78 is 6.72. The third kappa shape index (κ3) is 5.26. The van der Waals surface area contributed by atoms with Gasteiger partial charge in [-0.05, 0) is 61.9 Å². The van der Waals surface area contributed by atoms with Crippen LogP contribution in [0.2, 0.25) is 0 Å². The Balaban J connectivity index is 1.70. The zero-order chi connectivity index (χ0) is 21.0. The number of amides is 2. The molecule has 29 heavy (non-hydrogen) atoms. The van der Waals surface area contributed by atoms with Crippen molar-refractivity contribution in [3.05, 3.63) is 63.5 Å². The van der Waals surface area contributed by atoms with E-state index in [1.165, 1.54) is 16.7 Å². The largest absolute Gasteiger partial charge is 0.494 e. The summed E-state index contributed by atoms with van der Waals surface area (Å²) >= 11 is 9.95. The lowest BCUT2D eigenvalue weighted by Gasteiger charge is -2.22. The number of anilines is 1. The van der Waals surface area contributed by atoms with Gasteiger partial charge in [0.05, 0.1) is 11.5 Å². The molecule has 0 radical (unpaired) electrons. The fraction of sp³-hybridized carbons (Fsp3) is 0.190. The lowest BCUT2D eigenvalue weighted by atomic mass is 10.2. The van der Waals surface area contributed by atoms with Crippen molar-refractivity contribution in [1.82, 2.24) is 4.90 Å². The van der Waals surface area contributed by atoms with Crippen molar-refractivity contribution in [2.45, 2.75) is 19.9 Å². The highest BCUT2D eigenvalue weighted by molar-refractivity contribution is 9.10. The number of thioether (sulfide) groups is 1. The standard InChI is InChI=1S/C21H19BrN2O3S2/c1-3-27-17-10-8-16(9-11-17)23-19(25)13(2)24-20(26)18(29-21(24)28)12-14-4-6-15(22)7-5-14/h4-13H,3H2,1-2H3,(H,23,25)/b18-12-. The SMILES string of the molecule is CCOc1ccc(NC(=O)C(C)N2C(=O)/C(=C/c3ccc(Br)cc3)SC2=S)cc1. The van der Waals surface area contributed by atoms with E-state index in [0.29, 0.717) is 21.5 Å². The molecule has 5 nitrogen and oxygen atoms in total. The zero-order valence-electron chi connectivity index (χ0n) is 15.8. The summed E-state index contributed by atoms with van der Waals surface area (Å²) in [4.78, 5) is 27.4. The van der Waals surface area contributed by atoms with Crippen molar-refractivity contribution >= 4 is 67.8 Å². The van der Waals surface area contributed by atoms with Crippen molar-refractivity contribution in [2.75, 3.05) is 11.9 Å². The van der Waals surface area contributed by atoms with Crippen LogP contribution in [0.15, 0.2) is 57.9 Å². The quantitative estimate of drug-likeness (QED) is 0.452. The van der Waals surface area contributed by atoms with E-state index in [9.17, 15) is 9.59 Å². The van der Waals surface area contributed by atoms with Gasteiger partial charge in [0.15, 0.2) is 0 Å². The van der Waals surface area contributed by atoms with Crippen LogP contribution in [-0.4, -0.2) is 33.7 Å². The van der Waals surface area contributed by atoms with Gasteiger partial charge in [0.2, 0.25) is 5.91 Å². The number of thiocarbonyl (C=S) groups is 1. The fourth-order valence-electron chi connectivity index (χ4n) is 2.69. The Hall–Kier alpha value is -2.16. The second-order valence-corrected chi connectivity index (χ2v) is 8.82. The maximum Gasteiger partial charge on any atom is 0.266 e. The predicted molar refractivity (Wildman–Crippen MR) is 125 cm³/mol. The summed E-state index contributed by atoms with van der Waals surface area (Å²) in [5, 5.41) is 2.82. The first kappa shape index (κ1) is 21.5. The summed E-state index contributed by atoms with van der Waals surface area (Å²) in [7, 11) is 0. The Kier molecular flexibility index (Phi) is 7.10. The minimum atomic E-state index is -0.732. The number of ether oxygens (including phenoxy) is 1. The van der Waals surface area contributed by atoms with Crippen LogP contribution >= 0.6 is 39.9 Å². The fourth-order valence-corrected chi connectivity index (χ4v) is 4.37. The Labute approximate surface area is 187 Å². The number of nitrogens with zero attached hydrogens (tertiary/aromatic N) is 1. The number of carbonyl (C=O) groups excluding carboxylic acids is 2. The Morgan fingerprint density at radius 1 is 1.24 bits per heavy atom. The van der Waals surface area contributed by atoms with Crippen molar-refractivity contribution in [3.63, 3.8) is 0 Å². The molecule has 1 heterocycles. The average molecular weight is 491 g/mol. The second-order valence-electron chi connectivity index (χ2n) is 6.23. The molecule has 150 valence electrons. The minimum Gasteiger partial charge on any atom is -0.494 e. The Morgan fingerprint density at radius 2 is 1.90 bits per heavy atom. The Bertz CT molecular complexity index is 959. The first-order valence-electron chi connectivity index (χ1n) is 8.95. The second kappa shape index (κ2) is 9.56. The van der Waals surface area contributed by atoms with Gasteiger partial charge in [0, 0.05) is 10.2 Å². The molecule has 1 aliphatic heterocycles. The summed E-state index contributed by atoms with van der Waals surface area (Å²) in [6.45, 7) is 4.15. The van der Waals surface area contributed by atoms with Gasteiger partial charge in [-0.25, -0.2) is 0 Å². The molecule has 1 fully saturated rings. The summed E-state index contributed by atoms with van der Waals surface area (Å²) in [6.07, 6.45) is 1.78. The van der Waals surface area contributed by atoms with E-state index in [0.717, 1.165) is 15.8 Å². The third-order valence-electron chi connectivity index (χ3n) is 4.19. The topological polar surface area (TPSA) is 58.6 Å². The molecule has 0 saturated carbocycles. The van der Waals surface area contributed by atoms with Crippen molar-refractivity contribution in [3.8, 4) is 5.75 Å².